The fraction of sp³-hybridized carbons (Fsp3) is 0.207. The first kappa shape index (κ1) is 25.0. The zero-order valence-corrected chi connectivity index (χ0v) is 21.3. The topological polar surface area (TPSA) is 87.0 Å². The molecule has 9 heteroatoms. The maximum absolute atomic E-state index is 14.8. The third kappa shape index (κ3) is 4.95. The van der Waals surface area contributed by atoms with Gasteiger partial charge in [-0.15, -0.1) is 0 Å². The van der Waals surface area contributed by atoms with Gasteiger partial charge in [-0.2, -0.15) is 0 Å². The Bertz CT molecular complexity index is 1620. The summed E-state index contributed by atoms with van der Waals surface area (Å²) in [7, 11) is 3.20. The van der Waals surface area contributed by atoms with Gasteiger partial charge in [0, 0.05) is 36.2 Å². The van der Waals surface area contributed by atoms with Crippen molar-refractivity contribution in [2.75, 3.05) is 26.1 Å². The maximum atomic E-state index is 14.8. The molecule has 0 spiro atoms. The van der Waals surface area contributed by atoms with Gasteiger partial charge in [-0.05, 0) is 48.9 Å². The maximum Gasteiger partial charge on any atom is 0.338 e. The number of para-hydroxylation sites is 1. The van der Waals surface area contributed by atoms with E-state index in [-0.39, 0.29) is 11.5 Å². The number of nitrogens with one attached hydrogen (secondary N) is 1. The lowest BCUT2D eigenvalue weighted by Gasteiger charge is -2.13. The van der Waals surface area contributed by atoms with Crippen LogP contribution >= 0.6 is 0 Å². The Kier molecular flexibility index (Phi) is 7.08. The number of imidazole rings is 1. The lowest BCUT2D eigenvalue weighted by Crippen LogP contribution is -2.08. The average Bonchev–Trinajstić information content (AvgIpc) is 3.36. The van der Waals surface area contributed by atoms with Crippen molar-refractivity contribution in [3.8, 4) is 11.5 Å². The number of carbonyl (C=O) groups excluding carboxylic acids is 1. The Balaban J connectivity index is 1.49. The number of anilines is 1. The van der Waals surface area contributed by atoms with E-state index in [9.17, 15) is 9.18 Å². The normalized spacial score (nSPS) is 11.1. The number of fused-ring (bicyclic) bond motifs is 3. The molecular weight excluding hydrogens is 487 g/mol. The van der Waals surface area contributed by atoms with Gasteiger partial charge in [-0.1, -0.05) is 18.2 Å². The van der Waals surface area contributed by atoms with Crippen LogP contribution in [0.3, 0.4) is 0 Å². The van der Waals surface area contributed by atoms with Gasteiger partial charge in [0.05, 0.1) is 32.1 Å². The van der Waals surface area contributed by atoms with Crippen LogP contribution in [0.5, 0.6) is 11.5 Å². The van der Waals surface area contributed by atoms with Crippen molar-refractivity contribution >= 4 is 28.5 Å². The second-order valence-electron chi connectivity index (χ2n) is 8.62. The monoisotopic (exact) mass is 514 g/mol. The van der Waals surface area contributed by atoms with E-state index in [1.807, 2.05) is 47.0 Å². The van der Waals surface area contributed by atoms with Crippen molar-refractivity contribution in [1.29, 1.82) is 0 Å². The molecule has 0 aliphatic rings. The molecule has 0 unspecified atom stereocenters. The standard InChI is InChI=1S/C29H27FN4O4/c1-4-38-28(35)19-10-8-18(9-11-19)14-21-17-34-27(32-21)23-6-5-7-24(30)26(23)33-29(34)31-16-20-12-13-22(36-2)15-25(20)37-3/h5-13,15,17H,4,14,16H2,1-3H3,(H,31,33). The number of methoxy groups -OCH3 is 2. The van der Waals surface area contributed by atoms with E-state index in [4.69, 9.17) is 19.2 Å². The second-order valence-corrected chi connectivity index (χ2v) is 8.62. The quantitative estimate of drug-likeness (QED) is 0.263. The van der Waals surface area contributed by atoms with Gasteiger partial charge in [-0.25, -0.2) is 19.2 Å². The molecule has 0 saturated carbocycles. The van der Waals surface area contributed by atoms with Crippen molar-refractivity contribution in [2.45, 2.75) is 19.9 Å². The zero-order chi connectivity index (χ0) is 26.6. The molecule has 0 saturated heterocycles. The number of esters is 1. The van der Waals surface area contributed by atoms with Gasteiger partial charge in [-0.3, -0.25) is 4.40 Å². The zero-order valence-electron chi connectivity index (χ0n) is 21.3. The minimum atomic E-state index is -0.422. The van der Waals surface area contributed by atoms with Crippen LogP contribution in [-0.4, -0.2) is 41.2 Å². The van der Waals surface area contributed by atoms with E-state index >= 15 is 0 Å². The van der Waals surface area contributed by atoms with E-state index in [1.165, 1.54) is 6.07 Å². The van der Waals surface area contributed by atoms with E-state index in [0.717, 1.165) is 16.8 Å². The first-order valence-electron chi connectivity index (χ1n) is 12.2. The van der Waals surface area contributed by atoms with Crippen LogP contribution in [0, 0.1) is 5.82 Å². The van der Waals surface area contributed by atoms with Gasteiger partial charge in [0.15, 0.2) is 0 Å². The molecule has 3 aromatic carbocycles. The number of hydrogen-bond acceptors (Lipinski definition) is 7. The summed E-state index contributed by atoms with van der Waals surface area (Å²) in [4.78, 5) is 21.4. The second kappa shape index (κ2) is 10.8. The fourth-order valence-corrected chi connectivity index (χ4v) is 4.31. The summed E-state index contributed by atoms with van der Waals surface area (Å²) >= 11 is 0. The molecule has 0 amide bonds. The minimum absolute atomic E-state index is 0.236. The Morgan fingerprint density at radius 1 is 1.03 bits per heavy atom. The predicted octanol–water partition coefficient (Wildman–Crippen LogP) is 5.42. The molecule has 5 rings (SSSR count). The van der Waals surface area contributed by atoms with Crippen LogP contribution in [0.25, 0.3) is 16.6 Å². The van der Waals surface area contributed by atoms with Gasteiger partial charge in [0.2, 0.25) is 5.95 Å². The Morgan fingerprint density at radius 2 is 1.84 bits per heavy atom. The Labute approximate surface area is 219 Å². The molecule has 8 nitrogen and oxygen atoms in total. The first-order valence-corrected chi connectivity index (χ1v) is 12.2. The molecule has 2 aromatic heterocycles. The number of aromatic nitrogens is 3. The number of ether oxygens (including phenoxy) is 3. The lowest BCUT2D eigenvalue weighted by atomic mass is 10.1. The third-order valence-corrected chi connectivity index (χ3v) is 6.21. The van der Waals surface area contributed by atoms with Gasteiger partial charge >= 0.3 is 5.97 Å². The molecule has 0 bridgehead atoms. The molecule has 0 aliphatic carbocycles. The molecule has 0 radical (unpaired) electrons. The van der Waals surface area contributed by atoms with Crippen molar-refractivity contribution in [1.82, 2.24) is 14.4 Å². The Hall–Kier alpha value is -4.66. The molecule has 2 heterocycles. The van der Waals surface area contributed by atoms with Crippen molar-refractivity contribution < 1.29 is 23.4 Å². The fourth-order valence-electron chi connectivity index (χ4n) is 4.31. The lowest BCUT2D eigenvalue weighted by molar-refractivity contribution is 0.0526. The molecule has 194 valence electrons. The Morgan fingerprint density at radius 3 is 2.58 bits per heavy atom. The third-order valence-electron chi connectivity index (χ3n) is 6.21. The predicted molar refractivity (Wildman–Crippen MR) is 143 cm³/mol. The highest BCUT2D eigenvalue weighted by molar-refractivity contribution is 5.93. The highest BCUT2D eigenvalue weighted by Gasteiger charge is 2.16. The molecule has 38 heavy (non-hydrogen) atoms. The summed E-state index contributed by atoms with van der Waals surface area (Å²) in [5.41, 5.74) is 3.97. The van der Waals surface area contributed by atoms with E-state index < -0.39 is 5.82 Å². The van der Waals surface area contributed by atoms with E-state index in [1.54, 1.807) is 39.3 Å². The van der Waals surface area contributed by atoms with Crippen LogP contribution in [0.2, 0.25) is 0 Å². The van der Waals surface area contributed by atoms with Crippen molar-refractivity contribution in [3.63, 3.8) is 0 Å². The molecule has 5 aromatic rings. The van der Waals surface area contributed by atoms with Gasteiger partial charge in [0.25, 0.3) is 0 Å². The number of nitrogens with zero attached hydrogens (tertiary/aromatic N) is 3. The first-order chi connectivity index (χ1) is 18.5. The summed E-state index contributed by atoms with van der Waals surface area (Å²) in [6, 6.07) is 17.6. The minimum Gasteiger partial charge on any atom is -0.497 e. The number of halogens is 1. The summed E-state index contributed by atoms with van der Waals surface area (Å²) in [5, 5.41) is 3.93. The number of carbonyl (C=O) groups is 1. The smallest absolute Gasteiger partial charge is 0.338 e. The molecule has 1 N–H and O–H groups in total. The molecule has 0 atom stereocenters. The van der Waals surface area contributed by atoms with Crippen LogP contribution in [0.15, 0.2) is 66.9 Å². The van der Waals surface area contributed by atoms with Gasteiger partial charge < -0.3 is 19.5 Å². The number of rotatable bonds is 9. The highest BCUT2D eigenvalue weighted by atomic mass is 19.1. The van der Waals surface area contributed by atoms with Crippen LogP contribution in [0.1, 0.15) is 34.1 Å². The number of hydrogen-bond donors (Lipinski definition) is 1. The van der Waals surface area contributed by atoms with Crippen LogP contribution in [0.4, 0.5) is 10.3 Å². The summed E-state index contributed by atoms with van der Waals surface area (Å²) in [6.07, 6.45) is 2.41. The van der Waals surface area contributed by atoms with Crippen LogP contribution < -0.4 is 14.8 Å². The number of benzene rings is 3. The summed E-state index contributed by atoms with van der Waals surface area (Å²) in [5.74, 6) is 1.03. The van der Waals surface area contributed by atoms with Crippen molar-refractivity contribution in [2.24, 2.45) is 0 Å². The van der Waals surface area contributed by atoms with Crippen molar-refractivity contribution in [3.05, 3.63) is 95.1 Å². The summed E-state index contributed by atoms with van der Waals surface area (Å²) in [6.45, 7) is 2.49. The van der Waals surface area contributed by atoms with Crippen LogP contribution in [-0.2, 0) is 17.7 Å². The SMILES string of the molecule is CCOC(=O)c1ccc(Cc2cn3c(NCc4ccc(OC)cc4OC)nc4c(F)cccc4c3n2)cc1. The highest BCUT2D eigenvalue weighted by Crippen LogP contribution is 2.28. The van der Waals surface area contributed by atoms with E-state index in [2.05, 4.69) is 10.3 Å². The van der Waals surface area contributed by atoms with E-state index in [0.29, 0.717) is 53.6 Å². The molecule has 0 aliphatic heterocycles. The average molecular weight is 515 g/mol. The largest absolute Gasteiger partial charge is 0.497 e. The summed E-state index contributed by atoms with van der Waals surface area (Å²) < 4.78 is 32.5. The van der Waals surface area contributed by atoms with Gasteiger partial charge in [0.1, 0.15) is 28.5 Å². The molecule has 0 fully saturated rings. The molecular formula is C29H27FN4O4.